The van der Waals surface area contributed by atoms with Crippen molar-refractivity contribution in [1.82, 2.24) is 0 Å². The Bertz CT molecular complexity index is 397. The van der Waals surface area contributed by atoms with Crippen molar-refractivity contribution in [3.05, 3.63) is 29.3 Å². The molecule has 92 valence electrons. The normalized spacial score (nSPS) is 16.8. The number of rotatable bonds is 3. The highest BCUT2D eigenvalue weighted by Gasteiger charge is 2.20. The zero-order valence-corrected chi connectivity index (χ0v) is 10.5. The van der Waals surface area contributed by atoms with E-state index < -0.39 is 0 Å². The lowest BCUT2D eigenvalue weighted by Crippen LogP contribution is -2.37. The summed E-state index contributed by atoms with van der Waals surface area (Å²) in [6, 6.07) is 6.51. The van der Waals surface area contributed by atoms with Crippen molar-refractivity contribution in [2.75, 3.05) is 25.2 Å². The summed E-state index contributed by atoms with van der Waals surface area (Å²) in [6.45, 7) is 3.64. The predicted octanol–water partition coefficient (Wildman–Crippen LogP) is 2.42. The Labute approximate surface area is 102 Å². The molecule has 2 rings (SSSR count). The van der Waals surface area contributed by atoms with Crippen LogP contribution in [0.3, 0.4) is 0 Å². The second-order valence-electron chi connectivity index (χ2n) is 4.63. The van der Waals surface area contributed by atoms with Crippen molar-refractivity contribution < 1.29 is 9.53 Å². The van der Waals surface area contributed by atoms with E-state index in [-0.39, 0.29) is 0 Å². The minimum absolute atomic E-state index is 0.477. The summed E-state index contributed by atoms with van der Waals surface area (Å²) in [5.74, 6) is 0. The summed E-state index contributed by atoms with van der Waals surface area (Å²) >= 11 is 0. The van der Waals surface area contributed by atoms with Crippen molar-refractivity contribution >= 4 is 12.0 Å². The molecular formula is C14H19NO2. The number of nitrogens with zero attached hydrogens (tertiary/aromatic N) is 1. The average Bonchev–Trinajstić information content (AvgIpc) is 2.39. The molecule has 1 aromatic carbocycles. The smallest absolute Gasteiger partial charge is 0.152 e. The summed E-state index contributed by atoms with van der Waals surface area (Å²) in [4.78, 5) is 13.3. The van der Waals surface area contributed by atoms with Gasteiger partial charge in [0.2, 0.25) is 0 Å². The number of aryl methyl sites for hydroxylation is 1. The lowest BCUT2D eigenvalue weighted by molar-refractivity contribution is 0.0854. The quantitative estimate of drug-likeness (QED) is 0.751. The first-order chi connectivity index (χ1) is 8.22. The molecule has 0 N–H and O–H groups in total. The third-order valence-electron chi connectivity index (χ3n) is 3.43. The molecule has 1 aliphatic heterocycles. The molecule has 1 fully saturated rings. The minimum atomic E-state index is 0.477. The molecule has 0 aromatic heterocycles. The first-order valence-corrected chi connectivity index (χ1v) is 6.09. The van der Waals surface area contributed by atoms with Crippen LogP contribution in [0.25, 0.3) is 0 Å². The zero-order chi connectivity index (χ0) is 12.3. The summed E-state index contributed by atoms with van der Waals surface area (Å²) < 4.78 is 5.37. The van der Waals surface area contributed by atoms with E-state index in [9.17, 15) is 4.79 Å². The van der Waals surface area contributed by atoms with Crippen LogP contribution in [0.5, 0.6) is 0 Å². The molecule has 1 aromatic rings. The van der Waals surface area contributed by atoms with Gasteiger partial charge in [0.15, 0.2) is 6.29 Å². The van der Waals surface area contributed by atoms with E-state index in [1.165, 1.54) is 0 Å². The van der Waals surface area contributed by atoms with Gasteiger partial charge in [-0.05, 0) is 31.9 Å². The Balaban J connectivity index is 2.22. The van der Waals surface area contributed by atoms with Crippen molar-refractivity contribution in [3.8, 4) is 0 Å². The maximum absolute atomic E-state index is 11.1. The highest BCUT2D eigenvalue weighted by atomic mass is 16.5. The molecule has 0 bridgehead atoms. The van der Waals surface area contributed by atoms with Gasteiger partial charge in [0.05, 0.1) is 0 Å². The standard InChI is InChI=1S/C14H19NO2/c1-11-3-4-14(12(9-11)10-16)15(2)13-5-7-17-8-6-13/h3-4,9-10,13H,5-8H2,1-2H3. The van der Waals surface area contributed by atoms with E-state index in [1.807, 2.05) is 19.1 Å². The summed E-state index contributed by atoms with van der Waals surface area (Å²) in [5, 5.41) is 0. The van der Waals surface area contributed by atoms with Gasteiger partial charge in [-0.3, -0.25) is 4.79 Å². The Kier molecular flexibility index (Phi) is 3.79. The van der Waals surface area contributed by atoms with Crippen LogP contribution >= 0.6 is 0 Å². The third kappa shape index (κ3) is 2.67. The lowest BCUT2D eigenvalue weighted by atomic mass is 10.0. The van der Waals surface area contributed by atoms with Gasteiger partial charge in [0, 0.05) is 37.6 Å². The Hall–Kier alpha value is -1.35. The van der Waals surface area contributed by atoms with E-state index in [0.29, 0.717) is 6.04 Å². The molecule has 0 unspecified atom stereocenters. The third-order valence-corrected chi connectivity index (χ3v) is 3.43. The topological polar surface area (TPSA) is 29.5 Å². The van der Waals surface area contributed by atoms with Crippen molar-refractivity contribution in [2.45, 2.75) is 25.8 Å². The largest absolute Gasteiger partial charge is 0.381 e. The molecule has 0 saturated carbocycles. The van der Waals surface area contributed by atoms with Crippen LogP contribution in [0.2, 0.25) is 0 Å². The number of hydrogen-bond donors (Lipinski definition) is 0. The van der Waals surface area contributed by atoms with Crippen molar-refractivity contribution in [3.63, 3.8) is 0 Å². The molecule has 1 saturated heterocycles. The van der Waals surface area contributed by atoms with Crippen molar-refractivity contribution in [1.29, 1.82) is 0 Å². The Morgan fingerprint density at radius 1 is 1.35 bits per heavy atom. The van der Waals surface area contributed by atoms with Crippen LogP contribution in [0.1, 0.15) is 28.8 Å². The fourth-order valence-corrected chi connectivity index (χ4v) is 2.36. The number of ether oxygens (including phenoxy) is 1. The van der Waals surface area contributed by atoms with Gasteiger partial charge in [-0.15, -0.1) is 0 Å². The average molecular weight is 233 g/mol. The van der Waals surface area contributed by atoms with Crippen LogP contribution < -0.4 is 4.90 Å². The summed E-state index contributed by atoms with van der Waals surface area (Å²) in [7, 11) is 2.06. The molecule has 0 spiro atoms. The molecule has 0 radical (unpaired) electrons. The fourth-order valence-electron chi connectivity index (χ4n) is 2.36. The number of carbonyl (C=O) groups is 1. The molecule has 0 atom stereocenters. The minimum Gasteiger partial charge on any atom is -0.381 e. The van der Waals surface area contributed by atoms with Crippen LogP contribution in [-0.4, -0.2) is 32.6 Å². The van der Waals surface area contributed by atoms with Gasteiger partial charge in [0.25, 0.3) is 0 Å². The van der Waals surface area contributed by atoms with Crippen molar-refractivity contribution in [2.24, 2.45) is 0 Å². The highest BCUT2D eigenvalue weighted by molar-refractivity contribution is 5.85. The number of hydrogen-bond acceptors (Lipinski definition) is 3. The molecular weight excluding hydrogens is 214 g/mol. The summed E-state index contributed by atoms with van der Waals surface area (Å²) in [5.41, 5.74) is 2.92. The number of benzene rings is 1. The maximum atomic E-state index is 11.1. The first kappa shape index (κ1) is 12.1. The molecule has 0 aliphatic carbocycles. The lowest BCUT2D eigenvalue weighted by Gasteiger charge is -2.33. The predicted molar refractivity (Wildman–Crippen MR) is 68.8 cm³/mol. The maximum Gasteiger partial charge on any atom is 0.152 e. The molecule has 17 heavy (non-hydrogen) atoms. The molecule has 3 heteroatoms. The van der Waals surface area contributed by atoms with Crippen LogP contribution in [0.15, 0.2) is 18.2 Å². The van der Waals surface area contributed by atoms with Gasteiger partial charge in [-0.1, -0.05) is 11.6 Å². The Morgan fingerprint density at radius 3 is 2.71 bits per heavy atom. The number of carbonyl (C=O) groups excluding carboxylic acids is 1. The van der Waals surface area contributed by atoms with Crippen LogP contribution in [0.4, 0.5) is 5.69 Å². The number of aldehydes is 1. The van der Waals surface area contributed by atoms with Crippen LogP contribution in [-0.2, 0) is 4.74 Å². The first-order valence-electron chi connectivity index (χ1n) is 6.09. The second-order valence-corrected chi connectivity index (χ2v) is 4.63. The second kappa shape index (κ2) is 5.32. The molecule has 1 aliphatic rings. The fraction of sp³-hybridized carbons (Fsp3) is 0.500. The molecule has 0 amide bonds. The van der Waals surface area contributed by atoms with E-state index >= 15 is 0 Å². The van der Waals surface area contributed by atoms with E-state index in [4.69, 9.17) is 4.74 Å². The monoisotopic (exact) mass is 233 g/mol. The highest BCUT2D eigenvalue weighted by Crippen LogP contribution is 2.24. The zero-order valence-electron chi connectivity index (χ0n) is 10.5. The summed E-state index contributed by atoms with van der Waals surface area (Å²) in [6.07, 6.45) is 3.00. The van der Waals surface area contributed by atoms with Gasteiger partial charge >= 0.3 is 0 Å². The van der Waals surface area contributed by atoms with E-state index in [2.05, 4.69) is 18.0 Å². The molecule has 1 heterocycles. The SMILES string of the molecule is Cc1ccc(N(C)C2CCOCC2)c(C=O)c1. The van der Waals surface area contributed by atoms with Gasteiger partial charge in [-0.25, -0.2) is 0 Å². The van der Waals surface area contributed by atoms with Gasteiger partial charge in [-0.2, -0.15) is 0 Å². The van der Waals surface area contributed by atoms with Gasteiger partial charge in [0.1, 0.15) is 0 Å². The Morgan fingerprint density at radius 2 is 2.06 bits per heavy atom. The number of anilines is 1. The van der Waals surface area contributed by atoms with Crippen LogP contribution in [0, 0.1) is 6.92 Å². The molecule has 3 nitrogen and oxygen atoms in total. The van der Waals surface area contributed by atoms with Gasteiger partial charge < -0.3 is 9.64 Å². The van der Waals surface area contributed by atoms with E-state index in [1.54, 1.807) is 0 Å². The van der Waals surface area contributed by atoms with E-state index in [0.717, 1.165) is 49.2 Å².